The van der Waals surface area contributed by atoms with Gasteiger partial charge in [0.15, 0.2) is 0 Å². The Kier molecular flexibility index (Phi) is 8.83. The minimum Gasteiger partial charge on any atom is -0.366 e. The van der Waals surface area contributed by atoms with Crippen LogP contribution in [0.4, 0.5) is 0 Å². The molecule has 168 valence electrons. The van der Waals surface area contributed by atoms with Gasteiger partial charge in [-0.15, -0.1) is 12.4 Å². The van der Waals surface area contributed by atoms with Crippen LogP contribution >= 0.6 is 12.4 Å². The molecular formula is C23H31ClN4O3. The van der Waals surface area contributed by atoms with E-state index in [1.54, 1.807) is 0 Å². The lowest BCUT2D eigenvalue weighted by Gasteiger charge is -2.26. The molecule has 1 aromatic heterocycles. The summed E-state index contributed by atoms with van der Waals surface area (Å²) in [6.45, 7) is 0.255. The molecule has 2 aromatic rings. The molecule has 1 aromatic carbocycles. The van der Waals surface area contributed by atoms with E-state index in [0.29, 0.717) is 17.9 Å². The number of benzene rings is 1. The SMILES string of the molecule is CNC(=O)c1c(CC[C@H]2CC[C@H](N)CC2)c(C(N)=O)cn(Cc2ccccc2)c1=O.Cl. The van der Waals surface area contributed by atoms with Crippen molar-refractivity contribution in [1.29, 1.82) is 0 Å². The molecule has 0 aliphatic heterocycles. The van der Waals surface area contributed by atoms with Gasteiger partial charge in [-0.25, -0.2) is 0 Å². The first-order valence-electron chi connectivity index (χ1n) is 10.5. The Hall–Kier alpha value is -2.64. The molecule has 0 spiro atoms. The summed E-state index contributed by atoms with van der Waals surface area (Å²) in [6.07, 6.45) is 6.75. The standard InChI is InChI=1S/C23H30N4O3.ClH/c1-26-22(29)20-18(12-9-15-7-10-17(24)11-8-15)19(21(25)28)14-27(23(20)30)13-16-5-3-2-4-6-16;/h2-6,14-15,17H,7-13,24H2,1H3,(H2,25,28)(H,26,29);1H/t15-,17-;. The van der Waals surface area contributed by atoms with E-state index in [9.17, 15) is 14.4 Å². The van der Waals surface area contributed by atoms with Gasteiger partial charge in [-0.2, -0.15) is 0 Å². The maximum atomic E-state index is 13.2. The molecule has 31 heavy (non-hydrogen) atoms. The number of nitrogens with one attached hydrogen (secondary N) is 1. The fourth-order valence-electron chi connectivity index (χ4n) is 4.25. The van der Waals surface area contributed by atoms with Crippen LogP contribution < -0.4 is 22.3 Å². The van der Waals surface area contributed by atoms with Gasteiger partial charge in [0.25, 0.3) is 11.5 Å². The first-order valence-corrected chi connectivity index (χ1v) is 10.5. The fraction of sp³-hybridized carbons (Fsp3) is 0.435. The van der Waals surface area contributed by atoms with Crippen LogP contribution in [0.5, 0.6) is 0 Å². The van der Waals surface area contributed by atoms with Crippen LogP contribution in [0.1, 0.15) is 63.9 Å². The zero-order valence-electron chi connectivity index (χ0n) is 17.8. The molecule has 0 bridgehead atoms. The molecule has 1 aliphatic rings. The van der Waals surface area contributed by atoms with E-state index in [4.69, 9.17) is 11.5 Å². The number of primary amides is 1. The van der Waals surface area contributed by atoms with Gasteiger partial charge >= 0.3 is 0 Å². The molecule has 2 amide bonds. The van der Waals surface area contributed by atoms with Crippen LogP contribution in [-0.2, 0) is 13.0 Å². The molecule has 1 heterocycles. The lowest BCUT2D eigenvalue weighted by molar-refractivity contribution is 0.0959. The Morgan fingerprint density at radius 1 is 1.13 bits per heavy atom. The maximum Gasteiger partial charge on any atom is 0.264 e. The van der Waals surface area contributed by atoms with Crippen molar-refractivity contribution in [3.05, 3.63) is 69.1 Å². The monoisotopic (exact) mass is 446 g/mol. The number of hydrogen-bond donors (Lipinski definition) is 3. The highest BCUT2D eigenvalue weighted by Crippen LogP contribution is 2.28. The third-order valence-corrected chi connectivity index (χ3v) is 6.00. The average Bonchev–Trinajstić information content (AvgIpc) is 2.75. The van der Waals surface area contributed by atoms with Crippen LogP contribution in [0, 0.1) is 5.92 Å². The van der Waals surface area contributed by atoms with Gasteiger partial charge in [0.05, 0.1) is 12.1 Å². The van der Waals surface area contributed by atoms with Crippen molar-refractivity contribution < 1.29 is 9.59 Å². The summed E-state index contributed by atoms with van der Waals surface area (Å²) in [4.78, 5) is 38.1. The molecule has 8 heteroatoms. The molecule has 0 saturated heterocycles. The van der Waals surface area contributed by atoms with Gasteiger partial charge in [-0.3, -0.25) is 14.4 Å². The molecule has 7 nitrogen and oxygen atoms in total. The number of aromatic nitrogens is 1. The quantitative estimate of drug-likeness (QED) is 0.603. The second-order valence-electron chi connectivity index (χ2n) is 8.08. The molecule has 0 unspecified atom stereocenters. The lowest BCUT2D eigenvalue weighted by Crippen LogP contribution is -2.36. The number of hydrogen-bond acceptors (Lipinski definition) is 4. The van der Waals surface area contributed by atoms with E-state index < -0.39 is 17.4 Å². The van der Waals surface area contributed by atoms with Gasteiger partial charge in [0, 0.05) is 19.3 Å². The average molecular weight is 447 g/mol. The van der Waals surface area contributed by atoms with E-state index in [-0.39, 0.29) is 36.1 Å². The number of nitrogens with two attached hydrogens (primary N) is 2. The molecule has 1 saturated carbocycles. The van der Waals surface area contributed by atoms with E-state index in [1.165, 1.54) is 17.8 Å². The Labute approximate surface area is 188 Å². The molecule has 5 N–H and O–H groups in total. The summed E-state index contributed by atoms with van der Waals surface area (Å²) < 4.78 is 1.39. The fourth-order valence-corrected chi connectivity index (χ4v) is 4.25. The Morgan fingerprint density at radius 2 is 1.77 bits per heavy atom. The van der Waals surface area contributed by atoms with Crippen LogP contribution in [0.15, 0.2) is 41.3 Å². The minimum absolute atomic E-state index is 0. The van der Waals surface area contributed by atoms with Gasteiger partial charge in [0.1, 0.15) is 5.56 Å². The van der Waals surface area contributed by atoms with Gasteiger partial charge in [-0.1, -0.05) is 30.3 Å². The number of pyridine rings is 1. The van der Waals surface area contributed by atoms with E-state index in [1.807, 2.05) is 30.3 Å². The third kappa shape index (κ3) is 5.95. The summed E-state index contributed by atoms with van der Waals surface area (Å²) >= 11 is 0. The lowest BCUT2D eigenvalue weighted by atomic mass is 9.82. The predicted octanol–water partition coefficient (Wildman–Crippen LogP) is 2.23. The van der Waals surface area contributed by atoms with Crippen LogP contribution in [0.25, 0.3) is 0 Å². The zero-order valence-corrected chi connectivity index (χ0v) is 18.6. The number of halogens is 1. The predicted molar refractivity (Wildman–Crippen MR) is 124 cm³/mol. The molecule has 1 fully saturated rings. The first-order chi connectivity index (χ1) is 14.4. The zero-order chi connectivity index (χ0) is 21.7. The Morgan fingerprint density at radius 3 is 2.35 bits per heavy atom. The highest BCUT2D eigenvalue weighted by molar-refractivity contribution is 6.01. The number of rotatable bonds is 7. The molecule has 3 rings (SSSR count). The molecular weight excluding hydrogens is 416 g/mol. The van der Waals surface area contributed by atoms with Crippen molar-refractivity contribution in [2.75, 3.05) is 7.05 Å². The maximum absolute atomic E-state index is 13.2. The summed E-state index contributed by atoms with van der Waals surface area (Å²) in [5.41, 5.74) is 12.8. The van der Waals surface area contributed by atoms with Crippen molar-refractivity contribution >= 4 is 24.2 Å². The second kappa shape index (κ2) is 11.1. The largest absolute Gasteiger partial charge is 0.366 e. The van der Waals surface area contributed by atoms with Crippen molar-refractivity contribution in [3.63, 3.8) is 0 Å². The number of amides is 2. The number of carbonyl (C=O) groups excluding carboxylic acids is 2. The Bertz CT molecular complexity index is 967. The van der Waals surface area contributed by atoms with Gasteiger partial charge in [0.2, 0.25) is 5.91 Å². The van der Waals surface area contributed by atoms with E-state index in [2.05, 4.69) is 5.32 Å². The Balaban J connectivity index is 0.00000341. The first kappa shape index (κ1) is 24.6. The van der Waals surface area contributed by atoms with Crippen molar-refractivity contribution in [1.82, 2.24) is 9.88 Å². The molecule has 1 aliphatic carbocycles. The second-order valence-corrected chi connectivity index (χ2v) is 8.08. The highest BCUT2D eigenvalue weighted by Gasteiger charge is 2.25. The topological polar surface area (TPSA) is 120 Å². The summed E-state index contributed by atoms with van der Waals surface area (Å²) in [6, 6.07) is 9.66. The van der Waals surface area contributed by atoms with E-state index >= 15 is 0 Å². The third-order valence-electron chi connectivity index (χ3n) is 6.00. The van der Waals surface area contributed by atoms with Crippen molar-refractivity contribution in [3.8, 4) is 0 Å². The number of nitrogens with zero attached hydrogens (tertiary/aromatic N) is 1. The van der Waals surface area contributed by atoms with Crippen molar-refractivity contribution in [2.24, 2.45) is 17.4 Å². The normalized spacial score (nSPS) is 18.1. The van der Waals surface area contributed by atoms with Crippen molar-refractivity contribution in [2.45, 2.75) is 51.1 Å². The smallest absolute Gasteiger partial charge is 0.264 e. The van der Waals surface area contributed by atoms with Crippen LogP contribution in [0.3, 0.4) is 0 Å². The summed E-state index contributed by atoms with van der Waals surface area (Å²) in [5.74, 6) is -0.664. The van der Waals surface area contributed by atoms with Gasteiger partial charge < -0.3 is 21.4 Å². The van der Waals surface area contributed by atoms with Crippen LogP contribution in [-0.4, -0.2) is 29.5 Å². The van der Waals surface area contributed by atoms with Crippen LogP contribution in [0.2, 0.25) is 0 Å². The van der Waals surface area contributed by atoms with Gasteiger partial charge in [-0.05, 0) is 55.6 Å². The van der Waals surface area contributed by atoms with E-state index in [0.717, 1.165) is 37.7 Å². The molecule has 0 atom stereocenters. The minimum atomic E-state index is -0.636. The summed E-state index contributed by atoms with van der Waals surface area (Å²) in [7, 11) is 1.48. The summed E-state index contributed by atoms with van der Waals surface area (Å²) in [5, 5.41) is 2.54. The molecule has 0 radical (unpaired) electrons. The number of carbonyl (C=O) groups is 2. The highest BCUT2D eigenvalue weighted by atomic mass is 35.5.